The number of hydrogen-bond donors (Lipinski definition) is 1. The van der Waals surface area contributed by atoms with Crippen LogP contribution in [0.25, 0.3) is 0 Å². The van der Waals surface area contributed by atoms with Gasteiger partial charge in [0.2, 0.25) is 0 Å². The van der Waals surface area contributed by atoms with Gasteiger partial charge in [-0.15, -0.1) is 0 Å². The topological polar surface area (TPSA) is 80.3 Å². The highest BCUT2D eigenvalue weighted by Gasteiger charge is 2.38. The van der Waals surface area contributed by atoms with Crippen molar-refractivity contribution in [3.05, 3.63) is 0 Å². The minimum atomic E-state index is -3.25. The van der Waals surface area contributed by atoms with Gasteiger partial charge in [-0.1, -0.05) is 6.92 Å². The Morgan fingerprint density at radius 2 is 1.59 bits per heavy atom. The van der Waals surface area contributed by atoms with E-state index in [1.807, 2.05) is 6.92 Å². The summed E-state index contributed by atoms with van der Waals surface area (Å²) < 4.78 is 44.7. The average Bonchev–Trinajstić information content (AvgIpc) is 2.08. The van der Waals surface area contributed by atoms with Crippen LogP contribution < -0.4 is 5.32 Å². The maximum atomic E-state index is 11.7. The van der Waals surface area contributed by atoms with E-state index in [1.165, 1.54) is 6.26 Å². The average molecular weight is 285 g/mol. The number of hydrogen-bond acceptors (Lipinski definition) is 5. The van der Waals surface area contributed by atoms with Crippen molar-refractivity contribution < 1.29 is 16.8 Å². The molecule has 1 atom stereocenters. The Morgan fingerprint density at radius 1 is 1.12 bits per heavy atom. The smallest absolute Gasteiger partial charge is 0.154 e. The van der Waals surface area contributed by atoms with Crippen LogP contribution in [0, 0.1) is 0 Å². The highest BCUT2D eigenvalue weighted by molar-refractivity contribution is 7.92. The molecule has 0 amide bonds. The summed E-state index contributed by atoms with van der Waals surface area (Å²) in [7, 11) is -6.33. The Hall–Kier alpha value is -0.140. The molecule has 0 aliphatic heterocycles. The largest absolute Gasteiger partial charge is 0.313 e. The van der Waals surface area contributed by atoms with Gasteiger partial charge in [-0.2, -0.15) is 0 Å². The molecule has 0 fully saturated rings. The highest BCUT2D eigenvalue weighted by Crippen LogP contribution is 2.22. The summed E-state index contributed by atoms with van der Waals surface area (Å²) in [5.41, 5.74) is 0. The van der Waals surface area contributed by atoms with Gasteiger partial charge < -0.3 is 5.32 Å². The summed E-state index contributed by atoms with van der Waals surface area (Å²) in [4.78, 5) is 0. The van der Waals surface area contributed by atoms with Gasteiger partial charge in [0.25, 0.3) is 0 Å². The van der Waals surface area contributed by atoms with Crippen LogP contribution in [0.1, 0.15) is 27.2 Å². The van der Waals surface area contributed by atoms with Crippen LogP contribution in [-0.4, -0.2) is 52.4 Å². The lowest BCUT2D eigenvalue weighted by molar-refractivity contribution is 0.406. The first-order valence-electron chi connectivity index (χ1n) is 5.52. The Kier molecular flexibility index (Phi) is 5.62. The summed E-state index contributed by atoms with van der Waals surface area (Å²) in [6, 6.07) is -0.364. The SMILES string of the molecule is CCNC(CCS(C)(=O)=O)C(C)(C)S(C)(=O)=O. The van der Waals surface area contributed by atoms with E-state index in [2.05, 4.69) is 5.32 Å². The summed E-state index contributed by atoms with van der Waals surface area (Å²) >= 11 is 0. The van der Waals surface area contributed by atoms with Crippen LogP contribution in [0.5, 0.6) is 0 Å². The molecule has 0 aromatic rings. The van der Waals surface area contributed by atoms with Crippen LogP contribution in [0.3, 0.4) is 0 Å². The first-order chi connectivity index (χ1) is 7.42. The fourth-order valence-corrected chi connectivity index (χ4v) is 2.91. The molecule has 0 heterocycles. The lowest BCUT2D eigenvalue weighted by Crippen LogP contribution is -2.52. The molecule has 0 spiro atoms. The van der Waals surface area contributed by atoms with Gasteiger partial charge in [-0.05, 0) is 26.8 Å². The molecule has 0 saturated heterocycles. The zero-order valence-corrected chi connectivity index (χ0v) is 12.8. The van der Waals surface area contributed by atoms with Gasteiger partial charge >= 0.3 is 0 Å². The van der Waals surface area contributed by atoms with Crippen molar-refractivity contribution in [1.82, 2.24) is 5.32 Å². The monoisotopic (exact) mass is 285 g/mol. The minimum absolute atomic E-state index is 0.0103. The molecule has 0 aliphatic rings. The number of rotatable bonds is 7. The summed E-state index contributed by atoms with van der Waals surface area (Å²) in [6.07, 6.45) is 2.63. The van der Waals surface area contributed by atoms with Crippen LogP contribution >= 0.6 is 0 Å². The lowest BCUT2D eigenvalue weighted by atomic mass is 10.0. The molecular formula is C10H23NO4S2. The predicted octanol–water partition coefficient (Wildman–Crippen LogP) is 0.222. The molecule has 0 aromatic carbocycles. The second kappa shape index (κ2) is 5.67. The number of nitrogens with one attached hydrogen (secondary N) is 1. The molecule has 0 radical (unpaired) electrons. The van der Waals surface area contributed by atoms with E-state index >= 15 is 0 Å². The van der Waals surface area contributed by atoms with Crippen LogP contribution in [0.15, 0.2) is 0 Å². The van der Waals surface area contributed by atoms with Crippen molar-refractivity contribution in [3.8, 4) is 0 Å². The van der Waals surface area contributed by atoms with Gasteiger partial charge in [-0.25, -0.2) is 16.8 Å². The highest BCUT2D eigenvalue weighted by atomic mass is 32.2. The molecule has 17 heavy (non-hydrogen) atoms. The van der Waals surface area contributed by atoms with Crippen molar-refractivity contribution in [2.24, 2.45) is 0 Å². The summed E-state index contributed by atoms with van der Waals surface area (Å²) in [5, 5.41) is 3.06. The Morgan fingerprint density at radius 3 is 1.88 bits per heavy atom. The van der Waals surface area contributed by atoms with Crippen molar-refractivity contribution in [2.45, 2.75) is 38.0 Å². The number of sulfone groups is 2. The second-order valence-electron chi connectivity index (χ2n) is 4.90. The molecule has 1 unspecified atom stereocenters. The summed E-state index contributed by atoms with van der Waals surface area (Å²) in [5.74, 6) is -0.0103. The lowest BCUT2D eigenvalue weighted by Gasteiger charge is -2.33. The normalized spacial score (nSPS) is 15.8. The van der Waals surface area contributed by atoms with E-state index in [1.54, 1.807) is 13.8 Å². The van der Waals surface area contributed by atoms with Gasteiger partial charge in [0.15, 0.2) is 9.84 Å². The second-order valence-corrected chi connectivity index (χ2v) is 9.76. The molecule has 104 valence electrons. The maximum absolute atomic E-state index is 11.7. The van der Waals surface area contributed by atoms with E-state index < -0.39 is 24.4 Å². The van der Waals surface area contributed by atoms with E-state index in [0.717, 1.165) is 6.26 Å². The van der Waals surface area contributed by atoms with E-state index in [0.29, 0.717) is 13.0 Å². The molecule has 0 bridgehead atoms. The zero-order chi connectivity index (χ0) is 13.9. The first-order valence-corrected chi connectivity index (χ1v) is 9.47. The van der Waals surface area contributed by atoms with E-state index in [9.17, 15) is 16.8 Å². The molecule has 0 aromatic heterocycles. The fraction of sp³-hybridized carbons (Fsp3) is 1.00. The Bertz CT molecular complexity index is 437. The third-order valence-corrected chi connectivity index (χ3v) is 6.20. The minimum Gasteiger partial charge on any atom is -0.313 e. The van der Waals surface area contributed by atoms with Crippen molar-refractivity contribution in [3.63, 3.8) is 0 Å². The Balaban J connectivity index is 4.99. The Labute approximate surface area is 105 Å². The molecule has 0 aliphatic carbocycles. The van der Waals surface area contributed by atoms with E-state index in [-0.39, 0.29) is 11.8 Å². The third-order valence-electron chi connectivity index (χ3n) is 3.02. The van der Waals surface area contributed by atoms with Crippen LogP contribution in [0.4, 0.5) is 0 Å². The maximum Gasteiger partial charge on any atom is 0.154 e. The van der Waals surface area contributed by atoms with Crippen LogP contribution in [0.2, 0.25) is 0 Å². The van der Waals surface area contributed by atoms with Gasteiger partial charge in [-0.3, -0.25) is 0 Å². The van der Waals surface area contributed by atoms with Gasteiger partial charge in [0.1, 0.15) is 9.84 Å². The molecule has 0 saturated carbocycles. The molecule has 1 N–H and O–H groups in total. The molecule has 7 heteroatoms. The predicted molar refractivity (Wildman–Crippen MR) is 70.7 cm³/mol. The first kappa shape index (κ1) is 16.9. The van der Waals surface area contributed by atoms with Crippen LogP contribution in [-0.2, 0) is 19.7 Å². The van der Waals surface area contributed by atoms with Gasteiger partial charge in [0.05, 0.1) is 10.5 Å². The zero-order valence-electron chi connectivity index (χ0n) is 11.1. The van der Waals surface area contributed by atoms with Crippen molar-refractivity contribution >= 4 is 19.7 Å². The van der Waals surface area contributed by atoms with Gasteiger partial charge in [0, 0.05) is 18.6 Å². The van der Waals surface area contributed by atoms with Crippen molar-refractivity contribution in [2.75, 3.05) is 24.8 Å². The third kappa shape index (κ3) is 5.35. The quantitative estimate of drug-likeness (QED) is 0.724. The molecular weight excluding hydrogens is 262 g/mol. The standard InChI is InChI=1S/C10H23NO4S2/c1-6-11-9(7-8-16(4,12)13)10(2,3)17(5,14)15/h9,11H,6-8H2,1-5H3. The molecule has 0 rings (SSSR count). The molecule has 5 nitrogen and oxygen atoms in total. The van der Waals surface area contributed by atoms with Crippen molar-refractivity contribution in [1.29, 1.82) is 0 Å². The summed E-state index contributed by atoms with van der Waals surface area (Å²) in [6.45, 7) is 5.72. The van der Waals surface area contributed by atoms with E-state index in [4.69, 9.17) is 0 Å². The fourth-order valence-electron chi connectivity index (χ4n) is 1.53.